The first-order valence-electron chi connectivity index (χ1n) is 13.1. The van der Waals surface area contributed by atoms with Crippen molar-refractivity contribution in [3.63, 3.8) is 0 Å². The van der Waals surface area contributed by atoms with Crippen molar-refractivity contribution in [3.05, 3.63) is 52.2 Å². The summed E-state index contributed by atoms with van der Waals surface area (Å²) in [5.41, 5.74) is -1.03. The summed E-state index contributed by atoms with van der Waals surface area (Å²) in [5, 5.41) is 4.99. The van der Waals surface area contributed by atoms with Crippen LogP contribution >= 0.6 is 11.3 Å². The van der Waals surface area contributed by atoms with Crippen LogP contribution in [0.2, 0.25) is 0 Å². The van der Waals surface area contributed by atoms with Crippen molar-refractivity contribution in [3.8, 4) is 0 Å². The number of rotatable bonds is 13. The summed E-state index contributed by atoms with van der Waals surface area (Å²) >= 11 is 1.81. The molecule has 39 heavy (non-hydrogen) atoms. The first-order chi connectivity index (χ1) is 18.4. The van der Waals surface area contributed by atoms with Gasteiger partial charge in [-0.2, -0.15) is 17.5 Å². The first-order valence-corrected chi connectivity index (χ1v) is 15.4. The lowest BCUT2D eigenvalue weighted by molar-refractivity contribution is -0.137. The lowest BCUT2D eigenvalue weighted by atomic mass is 9.76. The molecule has 1 aliphatic rings. The highest BCUT2D eigenvalue weighted by atomic mass is 32.2. The van der Waals surface area contributed by atoms with E-state index in [1.165, 1.54) is 24.8 Å². The number of thiophene rings is 1. The number of carbonyl (C=O) groups excluding carboxylic acids is 1. The van der Waals surface area contributed by atoms with Crippen LogP contribution in [0.25, 0.3) is 0 Å². The minimum absolute atomic E-state index is 0.0661. The Morgan fingerprint density at radius 3 is 2.46 bits per heavy atom. The van der Waals surface area contributed by atoms with Gasteiger partial charge in [0.15, 0.2) is 0 Å². The molecule has 1 saturated carbocycles. The number of nitrogens with one attached hydrogen (secondary N) is 1. The van der Waals surface area contributed by atoms with Crippen LogP contribution in [-0.4, -0.2) is 71.0 Å². The van der Waals surface area contributed by atoms with Crippen molar-refractivity contribution in [1.82, 2.24) is 14.5 Å². The Kier molecular flexibility index (Phi) is 11.4. The minimum atomic E-state index is -4.64. The Bertz CT molecular complexity index is 1150. The molecule has 0 aliphatic heterocycles. The van der Waals surface area contributed by atoms with Gasteiger partial charge in [0, 0.05) is 31.1 Å². The molecule has 1 heterocycles. The van der Waals surface area contributed by atoms with Gasteiger partial charge in [-0.05, 0) is 74.8 Å². The molecule has 7 nitrogen and oxygen atoms in total. The zero-order valence-electron chi connectivity index (χ0n) is 22.6. The molecular weight excluding hydrogens is 551 g/mol. The third-order valence-electron chi connectivity index (χ3n) is 7.26. The van der Waals surface area contributed by atoms with Crippen molar-refractivity contribution in [2.45, 2.75) is 49.2 Å². The van der Waals surface area contributed by atoms with Crippen LogP contribution in [0.3, 0.4) is 0 Å². The molecule has 0 spiro atoms. The molecule has 2 aromatic rings. The Morgan fingerprint density at radius 1 is 1.13 bits per heavy atom. The molecule has 0 bridgehead atoms. The Labute approximate surface area is 233 Å². The molecule has 12 heteroatoms. The third kappa shape index (κ3) is 9.01. The van der Waals surface area contributed by atoms with E-state index in [-0.39, 0.29) is 25.7 Å². The van der Waals surface area contributed by atoms with Crippen molar-refractivity contribution in [2.24, 2.45) is 11.8 Å². The molecule has 1 N–H and O–H groups in total. The number of carbonyl (C=O) groups is 1. The van der Waals surface area contributed by atoms with Crippen molar-refractivity contribution < 1.29 is 31.1 Å². The summed E-state index contributed by atoms with van der Waals surface area (Å²) in [7, 11) is 1.41. The highest BCUT2D eigenvalue weighted by Crippen LogP contribution is 2.41. The van der Waals surface area contributed by atoms with Gasteiger partial charge in [0.25, 0.3) is 0 Å². The van der Waals surface area contributed by atoms with Crippen molar-refractivity contribution in [1.29, 1.82) is 0 Å². The zero-order valence-corrected chi connectivity index (χ0v) is 24.2. The van der Waals surface area contributed by atoms with Gasteiger partial charge in [-0.1, -0.05) is 25.0 Å². The Hall–Kier alpha value is -1.99. The van der Waals surface area contributed by atoms with Gasteiger partial charge in [0.05, 0.1) is 17.1 Å². The SMILES string of the molecule is CN(C)C(c1cccs1)C1CCC(CCNC(=O)COCCN(C)S(=O)(=O)c2cccc(C(F)(F)F)c2)CC1. The molecule has 0 radical (unpaired) electrons. The van der Waals surface area contributed by atoms with Crippen molar-refractivity contribution >= 4 is 27.3 Å². The number of amides is 1. The lowest BCUT2D eigenvalue weighted by Crippen LogP contribution is -2.34. The fraction of sp³-hybridized carbons (Fsp3) is 0.593. The second kappa shape index (κ2) is 14.1. The zero-order chi connectivity index (χ0) is 28.6. The predicted molar refractivity (Wildman–Crippen MR) is 146 cm³/mol. The predicted octanol–water partition coefficient (Wildman–Crippen LogP) is 5.02. The number of benzene rings is 1. The smallest absolute Gasteiger partial charge is 0.370 e. The topological polar surface area (TPSA) is 79.0 Å². The number of alkyl halides is 3. The average molecular weight is 590 g/mol. The number of ether oxygens (including phenoxy) is 1. The largest absolute Gasteiger partial charge is 0.416 e. The van der Waals surface area contributed by atoms with E-state index >= 15 is 0 Å². The van der Waals surface area contributed by atoms with Crippen LogP contribution in [0.4, 0.5) is 13.2 Å². The van der Waals surface area contributed by atoms with Gasteiger partial charge < -0.3 is 15.0 Å². The van der Waals surface area contributed by atoms with E-state index in [2.05, 4.69) is 41.8 Å². The van der Waals surface area contributed by atoms with Gasteiger partial charge in [0.1, 0.15) is 6.61 Å². The Balaban J connectivity index is 1.33. The van der Waals surface area contributed by atoms with E-state index in [1.54, 1.807) is 0 Å². The normalized spacial score (nSPS) is 19.4. The Morgan fingerprint density at radius 2 is 1.85 bits per heavy atom. The van der Waals surface area contributed by atoms with E-state index in [0.717, 1.165) is 41.8 Å². The van der Waals surface area contributed by atoms with E-state index in [1.807, 2.05) is 11.3 Å². The summed E-state index contributed by atoms with van der Waals surface area (Å²) in [4.78, 5) is 15.4. The van der Waals surface area contributed by atoms with E-state index in [9.17, 15) is 26.4 Å². The molecule has 1 aromatic carbocycles. The molecule has 218 valence electrons. The monoisotopic (exact) mass is 589 g/mol. The molecule has 1 amide bonds. The van der Waals surface area contributed by atoms with E-state index in [4.69, 9.17) is 4.74 Å². The summed E-state index contributed by atoms with van der Waals surface area (Å²) in [6, 6.07) is 8.37. The van der Waals surface area contributed by atoms with Crippen LogP contribution in [-0.2, 0) is 25.7 Å². The van der Waals surface area contributed by atoms with Crippen LogP contribution in [0.1, 0.15) is 48.6 Å². The number of nitrogens with zero attached hydrogens (tertiary/aromatic N) is 2. The minimum Gasteiger partial charge on any atom is -0.370 e. The van der Waals surface area contributed by atoms with Crippen LogP contribution in [0.15, 0.2) is 46.7 Å². The molecule has 0 saturated heterocycles. The van der Waals surface area contributed by atoms with Gasteiger partial charge >= 0.3 is 6.18 Å². The van der Waals surface area contributed by atoms with Crippen molar-refractivity contribution in [2.75, 3.05) is 47.4 Å². The molecule has 1 aromatic heterocycles. The second-order valence-electron chi connectivity index (χ2n) is 10.2. The maximum Gasteiger partial charge on any atom is 0.416 e. The van der Waals surface area contributed by atoms with Crippen LogP contribution in [0, 0.1) is 11.8 Å². The number of hydrogen-bond donors (Lipinski definition) is 1. The number of likely N-dealkylation sites (N-methyl/N-ethyl adjacent to an activating group) is 1. The van der Waals surface area contributed by atoms with Gasteiger partial charge in [-0.25, -0.2) is 8.42 Å². The van der Waals surface area contributed by atoms with Gasteiger partial charge in [-0.3, -0.25) is 4.79 Å². The molecular formula is C27H38F3N3O4S2. The quantitative estimate of drug-likeness (QED) is 0.332. The van der Waals surface area contributed by atoms with Gasteiger partial charge in [0.2, 0.25) is 15.9 Å². The maximum atomic E-state index is 12.9. The number of hydrogen-bond acceptors (Lipinski definition) is 6. The molecule has 1 fully saturated rings. The number of halogens is 3. The highest BCUT2D eigenvalue weighted by molar-refractivity contribution is 7.89. The molecule has 1 atom stereocenters. The summed E-state index contributed by atoms with van der Waals surface area (Å²) in [6.07, 6.45) is 0.874. The van der Waals surface area contributed by atoms with Crippen LogP contribution < -0.4 is 5.32 Å². The summed E-state index contributed by atoms with van der Waals surface area (Å²) in [5.74, 6) is 0.925. The molecule has 1 unspecified atom stereocenters. The average Bonchev–Trinajstić information content (AvgIpc) is 3.41. The van der Waals surface area contributed by atoms with E-state index in [0.29, 0.717) is 30.5 Å². The second-order valence-corrected chi connectivity index (χ2v) is 13.3. The molecule has 1 aliphatic carbocycles. The highest BCUT2D eigenvalue weighted by Gasteiger charge is 2.33. The fourth-order valence-corrected chi connectivity index (χ4v) is 7.33. The van der Waals surface area contributed by atoms with Gasteiger partial charge in [-0.15, -0.1) is 11.3 Å². The van der Waals surface area contributed by atoms with E-state index < -0.39 is 26.7 Å². The summed E-state index contributed by atoms with van der Waals surface area (Å²) < 4.78 is 70.2. The number of sulfonamides is 1. The third-order valence-corrected chi connectivity index (χ3v) is 10.1. The molecule has 3 rings (SSSR count). The standard InChI is InChI=1S/C27H38F3N3O4S2/c1-32(2)26(24-8-5-17-38-24)21-11-9-20(10-12-21)13-14-31-25(34)19-37-16-15-33(3)39(35,36)23-7-4-6-22(18-23)27(28,29)30/h4-8,17-18,20-21,26H,9-16,19H2,1-3H3,(H,31,34). The maximum absolute atomic E-state index is 12.9. The lowest BCUT2D eigenvalue weighted by Gasteiger charge is -2.37. The fourth-order valence-electron chi connectivity index (χ4n) is 5.12. The summed E-state index contributed by atoms with van der Waals surface area (Å²) in [6.45, 7) is 0.177. The van der Waals surface area contributed by atoms with Crippen LogP contribution in [0.5, 0.6) is 0 Å². The first kappa shape index (κ1) is 31.5.